The lowest BCUT2D eigenvalue weighted by molar-refractivity contribution is -0.143. The van der Waals surface area contributed by atoms with Crippen molar-refractivity contribution in [2.75, 3.05) is 6.61 Å². The quantitative estimate of drug-likeness (QED) is 0.0918. The Bertz CT molecular complexity index is 1840. The average molecular weight is 638 g/mol. The third kappa shape index (κ3) is 7.45. The number of carbonyl (C=O) groups excluding carboxylic acids is 1. The maximum absolute atomic E-state index is 14.0. The number of esters is 1. The van der Waals surface area contributed by atoms with E-state index in [0.29, 0.717) is 27.3 Å². The van der Waals surface area contributed by atoms with E-state index in [2.05, 4.69) is 10.1 Å². The highest BCUT2D eigenvalue weighted by molar-refractivity contribution is 5.90. The van der Waals surface area contributed by atoms with Crippen LogP contribution in [0.5, 0.6) is 5.75 Å². The summed E-state index contributed by atoms with van der Waals surface area (Å²) in [6, 6.07) is 23.6. The van der Waals surface area contributed by atoms with Crippen molar-refractivity contribution < 1.29 is 40.6 Å². The van der Waals surface area contributed by atoms with E-state index in [1.54, 1.807) is 42.5 Å². The zero-order valence-corrected chi connectivity index (χ0v) is 24.1. The lowest BCUT2D eigenvalue weighted by atomic mass is 10.1. The number of rotatable bonds is 9. The summed E-state index contributed by atoms with van der Waals surface area (Å²) in [6.45, 7) is 1.56. The van der Waals surface area contributed by atoms with Crippen LogP contribution in [0.15, 0.2) is 97.2 Å². The van der Waals surface area contributed by atoms with Gasteiger partial charge in [0.25, 0.3) is 0 Å². The molecule has 6 nitrogen and oxygen atoms in total. The molecule has 2 aromatic heterocycles. The number of hydrogen-bond acceptors (Lipinski definition) is 5. The Balaban J connectivity index is 1.32. The number of alkyl halides is 6. The van der Waals surface area contributed by atoms with Crippen LogP contribution in [0, 0.1) is 0 Å². The molecule has 3 aromatic carbocycles. The van der Waals surface area contributed by atoms with Gasteiger partial charge >= 0.3 is 18.3 Å². The van der Waals surface area contributed by atoms with Gasteiger partial charge in [0.2, 0.25) is 0 Å². The molecule has 0 radical (unpaired) electrons. The Labute approximate surface area is 259 Å². The zero-order valence-electron chi connectivity index (χ0n) is 24.1. The van der Waals surface area contributed by atoms with E-state index in [4.69, 9.17) is 9.47 Å². The Hall–Kier alpha value is -5.39. The topological polar surface area (TPSA) is 66.2 Å². The molecule has 0 fully saturated rings. The summed E-state index contributed by atoms with van der Waals surface area (Å²) in [5, 5.41) is 3.80. The molecule has 0 spiro atoms. The third-order valence-corrected chi connectivity index (χ3v) is 6.73. The van der Waals surface area contributed by atoms with Crippen molar-refractivity contribution in [2.24, 2.45) is 0 Å². The Morgan fingerprint density at radius 2 is 1.46 bits per heavy atom. The summed E-state index contributed by atoms with van der Waals surface area (Å²) in [7, 11) is 0. The number of pyridine rings is 1. The van der Waals surface area contributed by atoms with Crippen molar-refractivity contribution in [3.05, 3.63) is 131 Å². The van der Waals surface area contributed by atoms with Crippen molar-refractivity contribution >= 4 is 18.1 Å². The van der Waals surface area contributed by atoms with Crippen LogP contribution in [0.4, 0.5) is 26.3 Å². The van der Waals surface area contributed by atoms with Crippen LogP contribution >= 0.6 is 0 Å². The molecular weight excluding hydrogens is 612 g/mol. The second-order valence-corrected chi connectivity index (χ2v) is 9.90. The monoisotopic (exact) mass is 637 g/mol. The lowest BCUT2D eigenvalue weighted by Crippen LogP contribution is -2.19. The lowest BCUT2D eigenvalue weighted by Gasteiger charge is -2.14. The number of ether oxygens (including phenoxy) is 2. The van der Waals surface area contributed by atoms with Crippen molar-refractivity contribution in [3.8, 4) is 22.8 Å². The van der Waals surface area contributed by atoms with Gasteiger partial charge in [-0.25, -0.2) is 14.5 Å². The van der Waals surface area contributed by atoms with Gasteiger partial charge in [0, 0.05) is 5.56 Å². The smallest absolute Gasteiger partial charge is 0.434 e. The molecular formula is C34H25F6N3O3. The molecule has 0 aliphatic carbocycles. The molecule has 2 heterocycles. The van der Waals surface area contributed by atoms with E-state index in [1.807, 2.05) is 24.3 Å². The Morgan fingerprint density at radius 1 is 0.804 bits per heavy atom. The van der Waals surface area contributed by atoms with Crippen LogP contribution in [0.3, 0.4) is 0 Å². The summed E-state index contributed by atoms with van der Waals surface area (Å²) in [5.41, 5.74) is 0.386. The summed E-state index contributed by atoms with van der Waals surface area (Å²) in [6.07, 6.45) is -5.01. The molecule has 0 amide bonds. The van der Waals surface area contributed by atoms with E-state index < -0.39 is 35.1 Å². The predicted octanol–water partition coefficient (Wildman–Crippen LogP) is 8.90. The van der Waals surface area contributed by atoms with Crippen LogP contribution in [0.1, 0.15) is 45.2 Å². The molecule has 236 valence electrons. The van der Waals surface area contributed by atoms with Crippen molar-refractivity contribution in [1.29, 1.82) is 0 Å². The molecule has 0 aliphatic heterocycles. The van der Waals surface area contributed by atoms with Gasteiger partial charge in [-0.1, -0.05) is 66.7 Å². The second-order valence-electron chi connectivity index (χ2n) is 9.90. The third-order valence-electron chi connectivity index (χ3n) is 6.73. The number of aromatic nitrogens is 3. The summed E-state index contributed by atoms with van der Waals surface area (Å²) in [5.74, 6) is -0.864. The van der Waals surface area contributed by atoms with E-state index in [1.165, 1.54) is 31.2 Å². The van der Waals surface area contributed by atoms with E-state index in [9.17, 15) is 31.1 Å². The minimum Gasteiger partial charge on any atom is -0.488 e. The Kier molecular flexibility index (Phi) is 9.26. The highest BCUT2D eigenvalue weighted by Crippen LogP contribution is 2.35. The van der Waals surface area contributed by atoms with Crippen LogP contribution in [0.25, 0.3) is 29.2 Å². The van der Waals surface area contributed by atoms with Gasteiger partial charge in [0.15, 0.2) is 11.5 Å². The largest absolute Gasteiger partial charge is 0.488 e. The highest BCUT2D eigenvalue weighted by atomic mass is 19.4. The van der Waals surface area contributed by atoms with Gasteiger partial charge in [-0.05, 0) is 60.0 Å². The first-order chi connectivity index (χ1) is 21.9. The molecule has 0 unspecified atom stereocenters. The SMILES string of the molecule is CCOC(=O)c1cnn(-c2cccc(-c3ccccc3OCc3ccc(C=Cc4ccc(C(F)(F)F)cc4)cc3)n2)c1C(F)(F)F. The number of para-hydroxylation sites is 1. The standard InChI is InChI=1S/C34H25F6N3O3/c1-2-45-32(44)27-20-41-43(31(27)34(38,39)40)30-9-5-7-28(42-30)26-6-3-4-8-29(26)46-21-24-14-12-22(13-15-24)10-11-23-16-18-25(19-17-23)33(35,36)37/h3-20H,2,21H2,1H3. The van der Waals surface area contributed by atoms with Gasteiger partial charge in [0.05, 0.1) is 24.1 Å². The molecule has 12 heteroatoms. The number of hydrogen-bond donors (Lipinski definition) is 0. The minimum absolute atomic E-state index is 0.0983. The van der Waals surface area contributed by atoms with Gasteiger partial charge in [0.1, 0.15) is 17.9 Å². The number of nitrogens with zero attached hydrogens (tertiary/aromatic N) is 3. The molecule has 0 bridgehead atoms. The van der Waals surface area contributed by atoms with Crippen molar-refractivity contribution in [1.82, 2.24) is 14.8 Å². The molecule has 0 N–H and O–H groups in total. The van der Waals surface area contributed by atoms with Gasteiger partial charge in [-0.15, -0.1) is 0 Å². The number of halogens is 6. The molecule has 5 aromatic rings. The Morgan fingerprint density at radius 3 is 2.09 bits per heavy atom. The molecule has 0 atom stereocenters. The van der Waals surface area contributed by atoms with Crippen LogP contribution in [-0.4, -0.2) is 27.3 Å². The molecule has 46 heavy (non-hydrogen) atoms. The number of benzene rings is 3. The average Bonchev–Trinajstić information content (AvgIpc) is 3.50. The first-order valence-corrected chi connectivity index (χ1v) is 13.9. The molecule has 0 saturated carbocycles. The molecule has 0 aliphatic rings. The van der Waals surface area contributed by atoms with Crippen LogP contribution in [0.2, 0.25) is 0 Å². The minimum atomic E-state index is -4.91. The van der Waals surface area contributed by atoms with Gasteiger partial charge in [-0.3, -0.25) is 0 Å². The van der Waals surface area contributed by atoms with Gasteiger partial charge in [-0.2, -0.15) is 31.4 Å². The maximum atomic E-state index is 14.0. The predicted molar refractivity (Wildman–Crippen MR) is 159 cm³/mol. The van der Waals surface area contributed by atoms with E-state index >= 15 is 0 Å². The highest BCUT2D eigenvalue weighted by Gasteiger charge is 2.41. The van der Waals surface area contributed by atoms with Gasteiger partial charge < -0.3 is 9.47 Å². The van der Waals surface area contributed by atoms with E-state index in [0.717, 1.165) is 29.5 Å². The number of carbonyl (C=O) groups is 1. The van der Waals surface area contributed by atoms with Crippen LogP contribution < -0.4 is 4.74 Å². The summed E-state index contributed by atoms with van der Waals surface area (Å²) in [4.78, 5) is 16.6. The first kappa shape index (κ1) is 32.0. The van der Waals surface area contributed by atoms with Crippen molar-refractivity contribution in [3.63, 3.8) is 0 Å². The summed E-state index contributed by atoms with van der Waals surface area (Å²) >= 11 is 0. The molecule has 5 rings (SSSR count). The maximum Gasteiger partial charge on any atom is 0.434 e. The fourth-order valence-corrected chi connectivity index (χ4v) is 4.51. The van der Waals surface area contributed by atoms with E-state index in [-0.39, 0.29) is 19.0 Å². The van der Waals surface area contributed by atoms with Crippen LogP contribution in [-0.2, 0) is 23.7 Å². The second kappa shape index (κ2) is 13.3. The fourth-order valence-electron chi connectivity index (χ4n) is 4.51. The first-order valence-electron chi connectivity index (χ1n) is 13.9. The fraction of sp³-hybridized carbons (Fsp3) is 0.147. The van der Waals surface area contributed by atoms with Crippen molar-refractivity contribution in [2.45, 2.75) is 25.9 Å². The zero-order chi connectivity index (χ0) is 32.9. The molecule has 0 saturated heterocycles. The summed E-state index contributed by atoms with van der Waals surface area (Å²) < 4.78 is 91.8. The normalized spacial score (nSPS) is 12.0.